The van der Waals surface area contributed by atoms with Crippen LogP contribution < -0.4 is 16.4 Å². The quantitative estimate of drug-likeness (QED) is 0.823. The molecule has 0 saturated carbocycles. The van der Waals surface area contributed by atoms with E-state index >= 15 is 0 Å². The lowest BCUT2D eigenvalue weighted by Crippen LogP contribution is -2.47. The van der Waals surface area contributed by atoms with Crippen LogP contribution in [0.1, 0.15) is 30.1 Å². The summed E-state index contributed by atoms with van der Waals surface area (Å²) in [7, 11) is 1.65. The molecule has 1 unspecified atom stereocenters. The first kappa shape index (κ1) is 14.6. The van der Waals surface area contributed by atoms with Crippen molar-refractivity contribution in [1.82, 2.24) is 0 Å². The van der Waals surface area contributed by atoms with Crippen molar-refractivity contribution in [2.24, 2.45) is 5.73 Å². The van der Waals surface area contributed by atoms with Gasteiger partial charge in [0.2, 0.25) is 0 Å². The second kappa shape index (κ2) is 5.28. The Hall–Kier alpha value is -1.82. The summed E-state index contributed by atoms with van der Waals surface area (Å²) in [6.45, 7) is 3.25. The maximum absolute atomic E-state index is 14.1. The highest BCUT2D eigenvalue weighted by molar-refractivity contribution is 5.99. The molecule has 1 aromatic carbocycles. The van der Waals surface area contributed by atoms with Gasteiger partial charge in [0.1, 0.15) is 5.82 Å². The van der Waals surface area contributed by atoms with Crippen LogP contribution in [0.4, 0.5) is 15.8 Å². The Bertz CT molecular complexity index is 535. The fourth-order valence-electron chi connectivity index (χ4n) is 2.61. The number of hydrogen-bond acceptors (Lipinski definition) is 4. The summed E-state index contributed by atoms with van der Waals surface area (Å²) < 4.78 is 19.6. The van der Waals surface area contributed by atoms with Gasteiger partial charge in [-0.2, -0.15) is 0 Å². The molecule has 20 heavy (non-hydrogen) atoms. The zero-order valence-electron chi connectivity index (χ0n) is 11.8. The lowest BCUT2D eigenvalue weighted by molar-refractivity contribution is -0.00476. The Kier molecular flexibility index (Phi) is 3.85. The van der Waals surface area contributed by atoms with E-state index < -0.39 is 11.7 Å². The third kappa shape index (κ3) is 2.70. The van der Waals surface area contributed by atoms with Crippen molar-refractivity contribution in [2.75, 3.05) is 30.8 Å². The maximum atomic E-state index is 14.1. The number of nitrogens with two attached hydrogens (primary N) is 2. The van der Waals surface area contributed by atoms with E-state index in [-0.39, 0.29) is 16.9 Å². The van der Waals surface area contributed by atoms with Crippen molar-refractivity contribution in [3.8, 4) is 0 Å². The number of primary amides is 1. The second-order valence-electron chi connectivity index (χ2n) is 5.43. The molecule has 1 aliphatic rings. The van der Waals surface area contributed by atoms with E-state index in [1.54, 1.807) is 7.11 Å². The first-order valence-corrected chi connectivity index (χ1v) is 6.55. The van der Waals surface area contributed by atoms with Crippen molar-refractivity contribution in [3.63, 3.8) is 0 Å². The van der Waals surface area contributed by atoms with Gasteiger partial charge in [-0.3, -0.25) is 4.79 Å². The Morgan fingerprint density at radius 1 is 1.50 bits per heavy atom. The van der Waals surface area contributed by atoms with Gasteiger partial charge in [-0.05, 0) is 31.9 Å². The van der Waals surface area contributed by atoms with Crippen molar-refractivity contribution in [1.29, 1.82) is 0 Å². The van der Waals surface area contributed by atoms with E-state index in [2.05, 4.69) is 0 Å². The Morgan fingerprint density at radius 3 is 2.80 bits per heavy atom. The summed E-state index contributed by atoms with van der Waals surface area (Å²) in [6, 6.07) is 2.57. The molecule has 1 atom stereocenters. The van der Waals surface area contributed by atoms with Gasteiger partial charge in [-0.25, -0.2) is 4.39 Å². The highest BCUT2D eigenvalue weighted by Gasteiger charge is 2.32. The van der Waals surface area contributed by atoms with Gasteiger partial charge >= 0.3 is 0 Å². The number of nitrogen functional groups attached to an aromatic ring is 1. The first-order valence-electron chi connectivity index (χ1n) is 6.55. The molecule has 6 heteroatoms. The number of rotatable bonds is 3. The van der Waals surface area contributed by atoms with E-state index in [1.807, 2.05) is 11.8 Å². The smallest absolute Gasteiger partial charge is 0.250 e. The minimum Gasteiger partial charge on any atom is -0.398 e. The van der Waals surface area contributed by atoms with Gasteiger partial charge in [0.05, 0.1) is 16.9 Å². The molecular weight excluding hydrogens is 261 g/mol. The molecule has 5 nitrogen and oxygen atoms in total. The van der Waals surface area contributed by atoms with E-state index in [4.69, 9.17) is 16.2 Å². The normalized spacial score (nSPS) is 22.9. The molecule has 1 heterocycles. The number of nitrogens with zero attached hydrogens (tertiary/aromatic N) is 1. The van der Waals surface area contributed by atoms with Crippen LogP contribution in [-0.4, -0.2) is 31.7 Å². The molecule has 4 N–H and O–H groups in total. The molecular formula is C14H20FN3O2. The van der Waals surface area contributed by atoms with Gasteiger partial charge in [-0.1, -0.05) is 0 Å². The third-order valence-corrected chi connectivity index (χ3v) is 3.88. The molecule has 0 radical (unpaired) electrons. The topological polar surface area (TPSA) is 81.6 Å². The largest absolute Gasteiger partial charge is 0.398 e. The summed E-state index contributed by atoms with van der Waals surface area (Å²) in [5.41, 5.74) is 11.1. The van der Waals surface area contributed by atoms with Crippen LogP contribution in [0.3, 0.4) is 0 Å². The number of methoxy groups -OCH3 is 1. The maximum Gasteiger partial charge on any atom is 0.250 e. The molecule has 1 fully saturated rings. The van der Waals surface area contributed by atoms with Gasteiger partial charge in [0.15, 0.2) is 0 Å². The summed E-state index contributed by atoms with van der Waals surface area (Å²) in [5, 5.41) is 0. The van der Waals surface area contributed by atoms with E-state index in [9.17, 15) is 9.18 Å². The summed E-state index contributed by atoms with van der Waals surface area (Å²) in [5.74, 6) is -1.11. The Morgan fingerprint density at radius 2 is 2.20 bits per heavy atom. The molecule has 0 bridgehead atoms. The van der Waals surface area contributed by atoms with E-state index in [0.717, 1.165) is 18.9 Å². The number of benzene rings is 1. The minimum absolute atomic E-state index is 0.0604. The molecule has 0 spiro atoms. The van der Waals surface area contributed by atoms with Gasteiger partial charge in [-0.15, -0.1) is 0 Å². The number of anilines is 2. The van der Waals surface area contributed by atoms with Gasteiger partial charge in [0.25, 0.3) is 5.91 Å². The Balaban J connectivity index is 2.37. The van der Waals surface area contributed by atoms with Crippen LogP contribution in [0.2, 0.25) is 0 Å². The van der Waals surface area contributed by atoms with Crippen molar-refractivity contribution >= 4 is 17.3 Å². The predicted octanol–water partition coefficient (Wildman–Crippen LogP) is 1.51. The van der Waals surface area contributed by atoms with Crippen molar-refractivity contribution in [2.45, 2.75) is 25.4 Å². The Labute approximate surface area is 117 Å². The number of hydrogen-bond donors (Lipinski definition) is 2. The third-order valence-electron chi connectivity index (χ3n) is 3.88. The zero-order valence-corrected chi connectivity index (χ0v) is 11.8. The highest BCUT2D eigenvalue weighted by Crippen LogP contribution is 2.31. The van der Waals surface area contributed by atoms with Crippen LogP contribution in [-0.2, 0) is 4.74 Å². The van der Waals surface area contributed by atoms with Gasteiger partial charge in [0, 0.05) is 25.9 Å². The fraction of sp³-hybridized carbons (Fsp3) is 0.500. The second-order valence-corrected chi connectivity index (χ2v) is 5.43. The summed E-state index contributed by atoms with van der Waals surface area (Å²) in [4.78, 5) is 13.2. The SMILES string of the molecule is COC1(C)CCCN(c2cc(C(N)=O)c(N)cc2F)C1. The molecule has 1 saturated heterocycles. The molecule has 1 aromatic rings. The van der Waals surface area contributed by atoms with Crippen LogP contribution in [0, 0.1) is 5.82 Å². The monoisotopic (exact) mass is 281 g/mol. The number of amides is 1. The summed E-state index contributed by atoms with van der Waals surface area (Å²) >= 11 is 0. The number of ether oxygens (including phenoxy) is 1. The lowest BCUT2D eigenvalue weighted by atomic mass is 9.94. The van der Waals surface area contributed by atoms with Crippen molar-refractivity contribution in [3.05, 3.63) is 23.5 Å². The molecule has 2 rings (SSSR count). The van der Waals surface area contributed by atoms with Gasteiger partial charge < -0.3 is 21.1 Å². The number of carbonyl (C=O) groups excluding carboxylic acids is 1. The predicted molar refractivity (Wildman–Crippen MR) is 76.2 cm³/mol. The molecule has 1 aliphatic heterocycles. The molecule has 0 aliphatic carbocycles. The standard InChI is InChI=1S/C14H20FN3O2/c1-14(20-2)4-3-5-18(8-14)12-6-9(13(17)19)11(16)7-10(12)15/h6-7H,3-5,8,16H2,1-2H3,(H2,17,19). The summed E-state index contributed by atoms with van der Waals surface area (Å²) in [6.07, 6.45) is 1.80. The average molecular weight is 281 g/mol. The average Bonchev–Trinajstić information content (AvgIpc) is 2.38. The van der Waals surface area contributed by atoms with Crippen LogP contribution in [0.25, 0.3) is 0 Å². The van der Waals surface area contributed by atoms with E-state index in [0.29, 0.717) is 18.8 Å². The van der Waals surface area contributed by atoms with Crippen molar-refractivity contribution < 1.29 is 13.9 Å². The van der Waals surface area contributed by atoms with Crippen LogP contribution >= 0.6 is 0 Å². The lowest BCUT2D eigenvalue weighted by Gasteiger charge is -2.40. The number of halogens is 1. The van der Waals surface area contributed by atoms with E-state index in [1.165, 1.54) is 6.07 Å². The minimum atomic E-state index is -0.657. The molecule has 1 amide bonds. The van der Waals surface area contributed by atoms with Crippen LogP contribution in [0.5, 0.6) is 0 Å². The number of piperidine rings is 1. The molecule has 110 valence electrons. The number of carbonyl (C=O) groups is 1. The van der Waals surface area contributed by atoms with Crippen LogP contribution in [0.15, 0.2) is 12.1 Å². The molecule has 0 aromatic heterocycles. The first-order chi connectivity index (χ1) is 9.36. The highest BCUT2D eigenvalue weighted by atomic mass is 19.1. The zero-order chi connectivity index (χ0) is 14.9. The fourth-order valence-corrected chi connectivity index (χ4v) is 2.61.